The molecule has 7 heteroatoms. The second kappa shape index (κ2) is 7.07. The number of pyridine rings is 1. The number of rotatable bonds is 4. The van der Waals surface area contributed by atoms with Crippen molar-refractivity contribution in [2.24, 2.45) is 5.92 Å². The van der Waals surface area contributed by atoms with E-state index in [0.29, 0.717) is 29.4 Å². The van der Waals surface area contributed by atoms with Crippen LogP contribution < -0.4 is 10.9 Å². The summed E-state index contributed by atoms with van der Waals surface area (Å²) in [5, 5.41) is 3.87. The summed E-state index contributed by atoms with van der Waals surface area (Å²) in [4.78, 5) is 37.3. The minimum absolute atomic E-state index is 0.151. The van der Waals surface area contributed by atoms with Crippen molar-refractivity contribution >= 4 is 23.4 Å². The van der Waals surface area contributed by atoms with Crippen molar-refractivity contribution in [2.45, 2.75) is 37.3 Å². The lowest BCUT2D eigenvalue weighted by Gasteiger charge is -2.36. The lowest BCUT2D eigenvalue weighted by Crippen LogP contribution is -2.38. The zero-order valence-electron chi connectivity index (χ0n) is 14.5. The average molecular weight is 368 g/mol. The van der Waals surface area contributed by atoms with Crippen LogP contribution in [0.25, 0.3) is 0 Å². The van der Waals surface area contributed by atoms with Gasteiger partial charge in [0.25, 0.3) is 5.56 Å². The predicted octanol–water partition coefficient (Wildman–Crippen LogP) is 3.09. The molecule has 0 amide bonds. The number of carbonyl (C=O) groups is 1. The fraction of sp³-hybridized carbons (Fsp3) is 0.368. The molecule has 26 heavy (non-hydrogen) atoms. The Morgan fingerprint density at radius 1 is 1.31 bits per heavy atom. The Hall–Kier alpha value is -2.41. The highest BCUT2D eigenvalue weighted by Gasteiger charge is 2.42. The van der Waals surface area contributed by atoms with Gasteiger partial charge in [-0.1, -0.05) is 30.8 Å². The number of fused-ring (bicyclic) bond motifs is 2. The fourth-order valence-corrected chi connectivity index (χ4v) is 4.37. The van der Waals surface area contributed by atoms with Crippen LogP contribution in [0, 0.1) is 5.92 Å². The van der Waals surface area contributed by atoms with Crippen LogP contribution in [0.1, 0.15) is 43.2 Å². The number of ketones is 1. The molecule has 2 N–H and O–H groups in total. The summed E-state index contributed by atoms with van der Waals surface area (Å²) in [5.74, 6) is 0.854. The minimum atomic E-state index is -0.377. The molecule has 0 bridgehead atoms. The summed E-state index contributed by atoms with van der Waals surface area (Å²) >= 11 is 1.53. The van der Waals surface area contributed by atoms with Gasteiger partial charge in [0.2, 0.25) is 0 Å². The Bertz CT molecular complexity index is 923. The summed E-state index contributed by atoms with van der Waals surface area (Å²) in [7, 11) is 0. The number of allylic oxidation sites excluding steroid dienone is 2. The molecule has 1 aliphatic heterocycles. The van der Waals surface area contributed by atoms with Crippen LogP contribution in [0.5, 0.6) is 0 Å². The molecule has 0 saturated heterocycles. The standard InChI is InChI=1S/C19H20N4O2S/c1-2-9-26-19-22-17-16(18(25)23-19)14(11-5-4-8-20-10-11)15-12(21-17)6-3-7-13(15)24/h4-6,8,10,14-15H,2-3,7,9H2,1H3,(H2,21,22,23,25)/t14-,15-/m0/s1. The van der Waals surface area contributed by atoms with Crippen LogP contribution >= 0.6 is 11.8 Å². The van der Waals surface area contributed by atoms with E-state index in [9.17, 15) is 9.59 Å². The van der Waals surface area contributed by atoms with Crippen molar-refractivity contribution < 1.29 is 4.79 Å². The molecule has 2 aliphatic rings. The number of carbonyl (C=O) groups excluding carboxylic acids is 1. The van der Waals surface area contributed by atoms with E-state index >= 15 is 0 Å². The first kappa shape index (κ1) is 17.0. The fourth-order valence-electron chi connectivity index (χ4n) is 3.66. The number of hydrogen-bond acceptors (Lipinski definition) is 6. The van der Waals surface area contributed by atoms with Gasteiger partial charge in [-0.2, -0.15) is 0 Å². The van der Waals surface area contributed by atoms with Gasteiger partial charge < -0.3 is 10.3 Å². The largest absolute Gasteiger partial charge is 0.343 e. The molecular formula is C19H20N4O2S. The van der Waals surface area contributed by atoms with E-state index in [-0.39, 0.29) is 23.2 Å². The zero-order valence-corrected chi connectivity index (χ0v) is 15.3. The molecule has 0 spiro atoms. The molecule has 3 heterocycles. The Morgan fingerprint density at radius 3 is 2.96 bits per heavy atom. The number of Topliss-reactive ketones (excluding diaryl/α,β-unsaturated/α-hetero) is 1. The summed E-state index contributed by atoms with van der Waals surface area (Å²) in [6.45, 7) is 2.09. The number of anilines is 1. The number of aromatic amines is 1. The highest BCUT2D eigenvalue weighted by Crippen LogP contribution is 2.44. The maximum absolute atomic E-state index is 12.9. The number of thioether (sulfide) groups is 1. The van der Waals surface area contributed by atoms with Gasteiger partial charge in [0, 0.05) is 36.2 Å². The maximum atomic E-state index is 12.9. The van der Waals surface area contributed by atoms with Crippen LogP contribution in [0.3, 0.4) is 0 Å². The quantitative estimate of drug-likeness (QED) is 0.637. The second-order valence-electron chi connectivity index (χ2n) is 6.51. The van der Waals surface area contributed by atoms with Crippen molar-refractivity contribution in [3.8, 4) is 0 Å². The Balaban J connectivity index is 1.89. The summed E-state index contributed by atoms with van der Waals surface area (Å²) in [6, 6.07) is 3.76. The SMILES string of the molecule is CCCSc1nc2c(c(=O)[nH]1)[C@@H](c1cccnc1)[C@@H]1C(=O)CCC=C1N2. The first-order valence-corrected chi connectivity index (χ1v) is 9.84. The molecule has 6 nitrogen and oxygen atoms in total. The van der Waals surface area contributed by atoms with Gasteiger partial charge in [-0.05, 0) is 24.5 Å². The Morgan fingerprint density at radius 2 is 2.19 bits per heavy atom. The van der Waals surface area contributed by atoms with Crippen LogP contribution in [-0.2, 0) is 4.79 Å². The zero-order chi connectivity index (χ0) is 18.1. The monoisotopic (exact) mass is 368 g/mol. The van der Waals surface area contributed by atoms with Gasteiger partial charge in [0.05, 0.1) is 11.5 Å². The van der Waals surface area contributed by atoms with Gasteiger partial charge in [0.15, 0.2) is 5.16 Å². The maximum Gasteiger partial charge on any atom is 0.257 e. The topological polar surface area (TPSA) is 87.7 Å². The van der Waals surface area contributed by atoms with Crippen molar-refractivity contribution in [3.63, 3.8) is 0 Å². The van der Waals surface area contributed by atoms with Gasteiger partial charge in [-0.15, -0.1) is 0 Å². The summed E-state index contributed by atoms with van der Waals surface area (Å²) < 4.78 is 0. The first-order chi connectivity index (χ1) is 12.7. The lowest BCUT2D eigenvalue weighted by molar-refractivity contribution is -0.122. The van der Waals surface area contributed by atoms with Crippen molar-refractivity contribution in [2.75, 3.05) is 11.1 Å². The third-order valence-electron chi connectivity index (χ3n) is 4.76. The normalized spacial score (nSPS) is 21.4. The molecule has 2 atom stereocenters. The molecule has 2 aromatic rings. The van der Waals surface area contributed by atoms with Crippen LogP contribution in [0.4, 0.5) is 5.82 Å². The molecule has 0 radical (unpaired) electrons. The summed E-state index contributed by atoms with van der Waals surface area (Å²) in [5.41, 5.74) is 2.05. The van der Waals surface area contributed by atoms with Crippen molar-refractivity contribution in [1.29, 1.82) is 0 Å². The lowest BCUT2D eigenvalue weighted by atomic mass is 9.72. The molecule has 0 unspecified atom stereocenters. The van der Waals surface area contributed by atoms with Crippen molar-refractivity contribution in [3.05, 3.63) is 57.8 Å². The number of nitrogens with zero attached hydrogens (tertiary/aromatic N) is 2. The van der Waals surface area contributed by atoms with Crippen molar-refractivity contribution in [1.82, 2.24) is 15.0 Å². The van der Waals surface area contributed by atoms with Crippen LogP contribution in [0.15, 0.2) is 46.3 Å². The first-order valence-electron chi connectivity index (χ1n) is 8.85. The third kappa shape index (κ3) is 2.96. The number of nitrogens with one attached hydrogen (secondary N) is 2. The van der Waals surface area contributed by atoms with E-state index in [4.69, 9.17) is 0 Å². The molecule has 0 saturated carbocycles. The summed E-state index contributed by atoms with van der Waals surface area (Å²) in [6.07, 6.45) is 7.69. The Labute approximate surface area is 155 Å². The minimum Gasteiger partial charge on any atom is -0.343 e. The third-order valence-corrected chi connectivity index (χ3v) is 5.84. The Kier molecular flexibility index (Phi) is 4.63. The number of aromatic nitrogens is 3. The molecular weight excluding hydrogens is 348 g/mol. The molecule has 1 aliphatic carbocycles. The van der Waals surface area contributed by atoms with E-state index in [1.165, 1.54) is 11.8 Å². The van der Waals surface area contributed by atoms with Gasteiger partial charge in [-0.25, -0.2) is 4.98 Å². The number of H-pyrrole nitrogens is 1. The van der Waals surface area contributed by atoms with E-state index in [1.54, 1.807) is 12.4 Å². The highest BCUT2D eigenvalue weighted by molar-refractivity contribution is 7.99. The van der Waals surface area contributed by atoms with E-state index in [2.05, 4.69) is 33.3 Å². The molecule has 4 rings (SSSR count). The van der Waals surface area contributed by atoms with Gasteiger partial charge in [0.1, 0.15) is 11.6 Å². The molecule has 2 aromatic heterocycles. The van der Waals surface area contributed by atoms with Crippen LogP contribution in [-0.4, -0.2) is 26.5 Å². The number of hydrogen-bond donors (Lipinski definition) is 2. The molecule has 0 aromatic carbocycles. The van der Waals surface area contributed by atoms with Gasteiger partial charge >= 0.3 is 0 Å². The highest BCUT2D eigenvalue weighted by atomic mass is 32.2. The van der Waals surface area contributed by atoms with E-state index < -0.39 is 0 Å². The average Bonchev–Trinajstić information content (AvgIpc) is 2.65. The molecule has 134 valence electrons. The van der Waals surface area contributed by atoms with E-state index in [1.807, 2.05) is 12.1 Å². The second-order valence-corrected chi connectivity index (χ2v) is 7.60. The smallest absolute Gasteiger partial charge is 0.257 e. The van der Waals surface area contributed by atoms with Gasteiger partial charge in [-0.3, -0.25) is 14.6 Å². The predicted molar refractivity (Wildman–Crippen MR) is 101 cm³/mol. The molecule has 0 fully saturated rings. The van der Waals surface area contributed by atoms with E-state index in [0.717, 1.165) is 23.4 Å². The van der Waals surface area contributed by atoms with Crippen LogP contribution in [0.2, 0.25) is 0 Å².